The van der Waals surface area contributed by atoms with Crippen LogP contribution in [0.3, 0.4) is 0 Å². The van der Waals surface area contributed by atoms with Gasteiger partial charge < -0.3 is 4.42 Å². The lowest BCUT2D eigenvalue weighted by atomic mass is 10.1. The van der Waals surface area contributed by atoms with Gasteiger partial charge >= 0.3 is 6.03 Å². The van der Waals surface area contributed by atoms with Crippen molar-refractivity contribution in [1.82, 2.24) is 5.32 Å². The van der Waals surface area contributed by atoms with Crippen molar-refractivity contribution in [2.24, 2.45) is 0 Å². The number of carbonyl (C=O) groups excluding carboxylic acids is 3. The van der Waals surface area contributed by atoms with Crippen LogP contribution in [0.25, 0.3) is 6.08 Å². The van der Waals surface area contributed by atoms with Gasteiger partial charge in [-0.25, -0.2) is 9.69 Å². The lowest BCUT2D eigenvalue weighted by Gasteiger charge is -2.26. The Kier molecular flexibility index (Phi) is 5.06. The number of benzene rings is 1. The molecule has 4 amide bonds. The maximum absolute atomic E-state index is 12.7. The number of rotatable bonds is 2. The molecule has 2 heterocycles. The van der Waals surface area contributed by atoms with Gasteiger partial charge in [-0.05, 0) is 62.2 Å². The van der Waals surface area contributed by atoms with Gasteiger partial charge in [-0.1, -0.05) is 23.2 Å². The standard InChI is InChI=1S/C15H6Br2Cl2N2O4/c16-9-5-7(25-12(9)17)4-8-13(22)20-15(24)21(14(8)23)11-2-1-6(18)3-10(11)19/h1-5H,(H,20,22,24)/b8-4+. The van der Waals surface area contributed by atoms with Crippen LogP contribution in [0.5, 0.6) is 0 Å². The topological polar surface area (TPSA) is 79.6 Å². The van der Waals surface area contributed by atoms with Gasteiger partial charge in [0.05, 0.1) is 15.2 Å². The molecule has 6 nitrogen and oxygen atoms in total. The molecule has 128 valence electrons. The van der Waals surface area contributed by atoms with Crippen LogP contribution in [0.4, 0.5) is 10.5 Å². The van der Waals surface area contributed by atoms with E-state index in [2.05, 4.69) is 37.2 Å². The van der Waals surface area contributed by atoms with Crippen LogP contribution in [0.1, 0.15) is 5.76 Å². The third-order valence-electron chi connectivity index (χ3n) is 3.20. The van der Waals surface area contributed by atoms with Gasteiger partial charge in [-0.2, -0.15) is 0 Å². The molecule has 25 heavy (non-hydrogen) atoms. The quantitative estimate of drug-likeness (QED) is 0.468. The van der Waals surface area contributed by atoms with Crippen molar-refractivity contribution in [2.45, 2.75) is 0 Å². The van der Waals surface area contributed by atoms with Gasteiger partial charge in [0.25, 0.3) is 11.8 Å². The molecular weight excluding hydrogens is 503 g/mol. The number of barbiturate groups is 1. The van der Waals surface area contributed by atoms with Crippen LogP contribution in [0.15, 0.2) is 43.4 Å². The average Bonchev–Trinajstić information content (AvgIpc) is 2.84. The Balaban J connectivity index is 2.05. The molecule has 0 bridgehead atoms. The second kappa shape index (κ2) is 6.95. The summed E-state index contributed by atoms with van der Waals surface area (Å²) in [6.45, 7) is 0. The minimum absolute atomic E-state index is 0.0909. The van der Waals surface area contributed by atoms with Gasteiger partial charge in [-0.15, -0.1) is 0 Å². The number of urea groups is 1. The van der Waals surface area contributed by atoms with E-state index in [1.807, 2.05) is 0 Å². The normalized spacial score (nSPS) is 16.6. The monoisotopic (exact) mass is 506 g/mol. The molecule has 2 aromatic rings. The van der Waals surface area contributed by atoms with Crippen LogP contribution in [0.2, 0.25) is 10.0 Å². The highest BCUT2D eigenvalue weighted by Crippen LogP contribution is 2.32. The summed E-state index contributed by atoms with van der Waals surface area (Å²) >= 11 is 18.3. The highest BCUT2D eigenvalue weighted by molar-refractivity contribution is 9.13. The van der Waals surface area contributed by atoms with Crippen molar-refractivity contribution in [3.63, 3.8) is 0 Å². The minimum atomic E-state index is -0.904. The Labute approximate surface area is 168 Å². The molecule has 0 spiro atoms. The van der Waals surface area contributed by atoms with Crippen molar-refractivity contribution < 1.29 is 18.8 Å². The Bertz CT molecular complexity index is 936. The number of imide groups is 2. The summed E-state index contributed by atoms with van der Waals surface area (Å²) in [4.78, 5) is 37.6. The van der Waals surface area contributed by atoms with E-state index in [-0.39, 0.29) is 22.0 Å². The Morgan fingerprint density at radius 2 is 1.84 bits per heavy atom. The molecule has 0 unspecified atom stereocenters. The fraction of sp³-hybridized carbons (Fsp3) is 0. The second-order valence-corrected chi connectivity index (χ2v) is 7.24. The fourth-order valence-corrected chi connectivity index (χ4v) is 3.22. The molecule has 1 aromatic carbocycles. The highest BCUT2D eigenvalue weighted by Gasteiger charge is 2.38. The summed E-state index contributed by atoms with van der Waals surface area (Å²) < 4.78 is 6.34. The maximum Gasteiger partial charge on any atom is 0.335 e. The minimum Gasteiger partial charge on any atom is -0.449 e. The fourth-order valence-electron chi connectivity index (χ4n) is 2.12. The maximum atomic E-state index is 12.7. The molecule has 3 rings (SSSR count). The molecule has 1 N–H and O–H groups in total. The third kappa shape index (κ3) is 3.52. The first-order valence-electron chi connectivity index (χ1n) is 6.59. The second-order valence-electron chi connectivity index (χ2n) is 4.82. The van der Waals surface area contributed by atoms with E-state index in [1.165, 1.54) is 24.3 Å². The first-order chi connectivity index (χ1) is 11.8. The number of amides is 4. The first-order valence-corrected chi connectivity index (χ1v) is 8.93. The van der Waals surface area contributed by atoms with Crippen LogP contribution in [-0.4, -0.2) is 17.8 Å². The largest absolute Gasteiger partial charge is 0.449 e. The zero-order valence-electron chi connectivity index (χ0n) is 12.0. The molecule has 0 aliphatic carbocycles. The van der Waals surface area contributed by atoms with Crippen molar-refractivity contribution in [3.05, 3.63) is 54.8 Å². The van der Waals surface area contributed by atoms with Gasteiger partial charge in [0, 0.05) is 5.02 Å². The van der Waals surface area contributed by atoms with E-state index in [0.29, 0.717) is 14.2 Å². The number of carbonyl (C=O) groups is 3. The molecule has 0 atom stereocenters. The average molecular weight is 509 g/mol. The number of hydrogen-bond donors (Lipinski definition) is 1. The summed E-state index contributed by atoms with van der Waals surface area (Å²) in [6, 6.07) is 4.94. The predicted octanol–water partition coefficient (Wildman–Crippen LogP) is 4.78. The first kappa shape index (κ1) is 18.2. The molecule has 1 aromatic heterocycles. The Morgan fingerprint density at radius 3 is 2.44 bits per heavy atom. The van der Waals surface area contributed by atoms with Gasteiger partial charge in [-0.3, -0.25) is 14.9 Å². The molecule has 0 radical (unpaired) electrons. The molecular formula is C15H6Br2Cl2N2O4. The van der Waals surface area contributed by atoms with Crippen LogP contribution < -0.4 is 10.2 Å². The van der Waals surface area contributed by atoms with E-state index < -0.39 is 17.8 Å². The molecule has 0 saturated carbocycles. The zero-order valence-corrected chi connectivity index (χ0v) is 16.7. The van der Waals surface area contributed by atoms with Gasteiger partial charge in [0.15, 0.2) is 4.67 Å². The van der Waals surface area contributed by atoms with E-state index in [4.69, 9.17) is 27.6 Å². The van der Waals surface area contributed by atoms with Crippen molar-refractivity contribution in [2.75, 3.05) is 4.90 Å². The molecule has 1 saturated heterocycles. The van der Waals surface area contributed by atoms with E-state index in [9.17, 15) is 14.4 Å². The number of nitrogens with one attached hydrogen (secondary N) is 1. The van der Waals surface area contributed by atoms with E-state index in [0.717, 1.165) is 4.90 Å². The number of anilines is 1. The SMILES string of the molecule is O=C1NC(=O)N(c2ccc(Cl)cc2Cl)C(=O)/C1=C/c1cc(Br)c(Br)o1. The van der Waals surface area contributed by atoms with Crippen molar-refractivity contribution in [1.29, 1.82) is 0 Å². The summed E-state index contributed by atoms with van der Waals surface area (Å²) in [6.07, 6.45) is 1.23. The molecule has 1 fully saturated rings. The Hall–Kier alpha value is -1.61. The number of furan rings is 1. The highest BCUT2D eigenvalue weighted by atomic mass is 79.9. The van der Waals surface area contributed by atoms with Gasteiger partial charge in [0.2, 0.25) is 0 Å². The summed E-state index contributed by atoms with van der Waals surface area (Å²) in [7, 11) is 0. The number of hydrogen-bond acceptors (Lipinski definition) is 4. The summed E-state index contributed by atoms with van der Waals surface area (Å²) in [5, 5.41) is 2.53. The third-order valence-corrected chi connectivity index (χ3v) is 5.45. The van der Waals surface area contributed by atoms with Crippen LogP contribution >= 0.6 is 55.1 Å². The molecule has 1 aliphatic heterocycles. The lowest BCUT2D eigenvalue weighted by molar-refractivity contribution is -0.122. The predicted molar refractivity (Wildman–Crippen MR) is 99.6 cm³/mol. The van der Waals surface area contributed by atoms with Gasteiger partial charge in [0.1, 0.15) is 11.3 Å². The van der Waals surface area contributed by atoms with Crippen molar-refractivity contribution in [3.8, 4) is 0 Å². The molecule has 10 heteroatoms. The summed E-state index contributed by atoms with van der Waals surface area (Å²) in [5.41, 5.74) is -0.173. The van der Waals surface area contributed by atoms with Crippen molar-refractivity contribution >= 4 is 84.7 Å². The zero-order chi connectivity index (χ0) is 18.3. The number of nitrogens with zero attached hydrogens (tertiary/aromatic N) is 1. The lowest BCUT2D eigenvalue weighted by Crippen LogP contribution is -2.54. The van der Waals surface area contributed by atoms with Crippen LogP contribution in [0, 0.1) is 0 Å². The number of halogens is 4. The van der Waals surface area contributed by atoms with Crippen LogP contribution in [-0.2, 0) is 9.59 Å². The van der Waals surface area contributed by atoms with E-state index >= 15 is 0 Å². The molecule has 1 aliphatic rings. The smallest absolute Gasteiger partial charge is 0.335 e. The Morgan fingerprint density at radius 1 is 1.12 bits per heavy atom. The summed E-state index contributed by atoms with van der Waals surface area (Å²) in [5.74, 6) is -1.42. The van der Waals surface area contributed by atoms with E-state index in [1.54, 1.807) is 6.07 Å².